The molecule has 2 heteroatoms. The Morgan fingerprint density at radius 2 is 1.83 bits per heavy atom. The Labute approximate surface area is 114 Å². The molecule has 2 rings (SSSR count). The molecule has 0 saturated carbocycles. The van der Waals surface area contributed by atoms with E-state index >= 15 is 0 Å². The van der Waals surface area contributed by atoms with Crippen molar-refractivity contribution in [1.82, 2.24) is 10.2 Å². The van der Waals surface area contributed by atoms with Gasteiger partial charge in [0.15, 0.2) is 0 Å². The minimum atomic E-state index is 0.763. The predicted octanol–water partition coefficient (Wildman–Crippen LogP) is 3.56. The molecule has 2 saturated heterocycles. The number of unbranched alkanes of at least 4 members (excludes halogenated alkanes) is 1. The number of hydrogen-bond donors (Lipinski definition) is 1. The number of hydrogen-bond acceptors (Lipinski definition) is 2. The van der Waals surface area contributed by atoms with Gasteiger partial charge in [0.05, 0.1) is 0 Å². The van der Waals surface area contributed by atoms with Gasteiger partial charge < -0.3 is 10.2 Å². The van der Waals surface area contributed by atoms with Crippen molar-refractivity contribution in [2.75, 3.05) is 7.05 Å². The molecular formula is C16H32N2. The summed E-state index contributed by atoms with van der Waals surface area (Å²) < 4.78 is 0. The van der Waals surface area contributed by atoms with Gasteiger partial charge in [-0.2, -0.15) is 0 Å². The SMILES string of the molecule is CCCCC(CC)NC1CC2CCCC(C1)N2C. The molecule has 2 bridgehead atoms. The summed E-state index contributed by atoms with van der Waals surface area (Å²) in [5.41, 5.74) is 0. The second kappa shape index (κ2) is 6.91. The summed E-state index contributed by atoms with van der Waals surface area (Å²) in [5, 5.41) is 3.96. The minimum Gasteiger partial charge on any atom is -0.311 e. The maximum Gasteiger partial charge on any atom is 0.0110 e. The Morgan fingerprint density at radius 1 is 1.17 bits per heavy atom. The van der Waals surface area contributed by atoms with E-state index in [0.29, 0.717) is 0 Å². The van der Waals surface area contributed by atoms with Crippen molar-refractivity contribution in [2.45, 2.75) is 95.8 Å². The van der Waals surface area contributed by atoms with E-state index in [-0.39, 0.29) is 0 Å². The minimum absolute atomic E-state index is 0.763. The number of fused-ring (bicyclic) bond motifs is 2. The number of nitrogens with one attached hydrogen (secondary N) is 1. The fourth-order valence-corrected chi connectivity index (χ4v) is 3.94. The maximum absolute atomic E-state index is 3.96. The number of piperidine rings is 2. The third kappa shape index (κ3) is 3.48. The quantitative estimate of drug-likeness (QED) is 0.777. The lowest BCUT2D eigenvalue weighted by Gasteiger charge is -2.48. The molecule has 2 fully saturated rings. The van der Waals surface area contributed by atoms with Crippen molar-refractivity contribution >= 4 is 0 Å². The highest BCUT2D eigenvalue weighted by atomic mass is 15.2. The molecule has 3 unspecified atom stereocenters. The van der Waals surface area contributed by atoms with E-state index < -0.39 is 0 Å². The summed E-state index contributed by atoms with van der Waals surface area (Å²) in [7, 11) is 2.35. The van der Waals surface area contributed by atoms with Crippen molar-refractivity contribution in [2.24, 2.45) is 0 Å². The van der Waals surface area contributed by atoms with Crippen LogP contribution in [0.3, 0.4) is 0 Å². The number of rotatable bonds is 6. The van der Waals surface area contributed by atoms with Gasteiger partial charge >= 0.3 is 0 Å². The van der Waals surface area contributed by atoms with Gasteiger partial charge in [-0.05, 0) is 45.6 Å². The van der Waals surface area contributed by atoms with E-state index in [4.69, 9.17) is 0 Å². The summed E-state index contributed by atoms with van der Waals surface area (Å²) in [4.78, 5) is 2.66. The Kier molecular flexibility index (Phi) is 5.50. The van der Waals surface area contributed by atoms with Crippen LogP contribution in [-0.4, -0.2) is 36.1 Å². The predicted molar refractivity (Wildman–Crippen MR) is 79.0 cm³/mol. The van der Waals surface area contributed by atoms with Crippen molar-refractivity contribution in [3.05, 3.63) is 0 Å². The molecule has 2 aliphatic heterocycles. The van der Waals surface area contributed by atoms with Crippen LogP contribution in [0.15, 0.2) is 0 Å². The molecule has 2 aliphatic rings. The van der Waals surface area contributed by atoms with Crippen molar-refractivity contribution < 1.29 is 0 Å². The van der Waals surface area contributed by atoms with E-state index in [9.17, 15) is 0 Å². The van der Waals surface area contributed by atoms with Crippen LogP contribution >= 0.6 is 0 Å². The topological polar surface area (TPSA) is 15.3 Å². The lowest BCUT2D eigenvalue weighted by molar-refractivity contribution is 0.0453. The van der Waals surface area contributed by atoms with Gasteiger partial charge in [0.2, 0.25) is 0 Å². The Balaban J connectivity index is 1.82. The molecule has 0 aromatic rings. The highest BCUT2D eigenvalue weighted by molar-refractivity contribution is 4.94. The van der Waals surface area contributed by atoms with Gasteiger partial charge in [0, 0.05) is 24.2 Å². The van der Waals surface area contributed by atoms with Crippen molar-refractivity contribution in [3.8, 4) is 0 Å². The summed E-state index contributed by atoms with van der Waals surface area (Å²) in [5.74, 6) is 0. The Bertz CT molecular complexity index is 227. The van der Waals surface area contributed by atoms with Crippen molar-refractivity contribution in [1.29, 1.82) is 0 Å². The van der Waals surface area contributed by atoms with Gasteiger partial charge in [-0.15, -0.1) is 0 Å². The van der Waals surface area contributed by atoms with Crippen LogP contribution in [0.4, 0.5) is 0 Å². The lowest BCUT2D eigenvalue weighted by Crippen LogP contribution is -2.55. The van der Waals surface area contributed by atoms with Gasteiger partial charge in [0.1, 0.15) is 0 Å². The van der Waals surface area contributed by atoms with Crippen LogP contribution in [0.2, 0.25) is 0 Å². The van der Waals surface area contributed by atoms with Gasteiger partial charge in [-0.3, -0.25) is 0 Å². The third-order valence-corrected chi connectivity index (χ3v) is 5.21. The van der Waals surface area contributed by atoms with Crippen LogP contribution < -0.4 is 5.32 Å². The van der Waals surface area contributed by atoms with Gasteiger partial charge in [-0.25, -0.2) is 0 Å². The normalized spacial score (nSPS) is 34.5. The molecule has 2 nitrogen and oxygen atoms in total. The Hall–Kier alpha value is -0.0800. The first-order valence-corrected chi connectivity index (χ1v) is 8.22. The second-order valence-electron chi connectivity index (χ2n) is 6.49. The number of nitrogens with zero attached hydrogens (tertiary/aromatic N) is 1. The molecule has 0 aromatic carbocycles. The molecule has 106 valence electrons. The monoisotopic (exact) mass is 252 g/mol. The highest BCUT2D eigenvalue weighted by Gasteiger charge is 2.36. The van der Waals surface area contributed by atoms with Crippen LogP contribution in [0, 0.1) is 0 Å². The van der Waals surface area contributed by atoms with Gasteiger partial charge in [0.25, 0.3) is 0 Å². The molecule has 2 heterocycles. The van der Waals surface area contributed by atoms with Crippen LogP contribution in [0.5, 0.6) is 0 Å². The van der Waals surface area contributed by atoms with E-state index in [0.717, 1.165) is 24.2 Å². The van der Waals surface area contributed by atoms with Crippen molar-refractivity contribution in [3.63, 3.8) is 0 Å². The summed E-state index contributed by atoms with van der Waals surface area (Å²) in [6.45, 7) is 4.63. The summed E-state index contributed by atoms with van der Waals surface area (Å²) >= 11 is 0. The molecule has 0 amide bonds. The molecule has 1 N–H and O–H groups in total. The lowest BCUT2D eigenvalue weighted by atomic mass is 9.82. The smallest absolute Gasteiger partial charge is 0.0110 e. The zero-order valence-electron chi connectivity index (χ0n) is 12.6. The average molecular weight is 252 g/mol. The zero-order chi connectivity index (χ0) is 13.0. The molecule has 3 atom stereocenters. The largest absolute Gasteiger partial charge is 0.311 e. The molecule has 0 aliphatic carbocycles. The van der Waals surface area contributed by atoms with Crippen LogP contribution in [-0.2, 0) is 0 Å². The standard InChI is InChI=1S/C16H32N2/c1-4-6-8-13(5-2)17-14-11-15-9-7-10-16(12-14)18(15)3/h13-17H,4-12H2,1-3H3. The van der Waals surface area contributed by atoms with Crippen LogP contribution in [0.25, 0.3) is 0 Å². The van der Waals surface area contributed by atoms with Crippen LogP contribution in [0.1, 0.15) is 71.6 Å². The molecule has 18 heavy (non-hydrogen) atoms. The third-order valence-electron chi connectivity index (χ3n) is 5.21. The fourth-order valence-electron chi connectivity index (χ4n) is 3.94. The molecular weight excluding hydrogens is 220 g/mol. The van der Waals surface area contributed by atoms with E-state index in [1.165, 1.54) is 57.8 Å². The average Bonchev–Trinajstić information content (AvgIpc) is 2.35. The summed E-state index contributed by atoms with van der Waals surface area (Å²) in [6, 6.07) is 3.27. The first-order valence-electron chi connectivity index (χ1n) is 8.22. The first kappa shape index (κ1) is 14.3. The van der Waals surface area contributed by atoms with Gasteiger partial charge in [-0.1, -0.05) is 33.1 Å². The maximum atomic E-state index is 3.96. The highest BCUT2D eigenvalue weighted by Crippen LogP contribution is 2.32. The molecule has 0 aromatic heterocycles. The Morgan fingerprint density at radius 3 is 2.39 bits per heavy atom. The van der Waals surface area contributed by atoms with E-state index in [2.05, 4.69) is 31.1 Å². The second-order valence-corrected chi connectivity index (χ2v) is 6.49. The fraction of sp³-hybridized carbons (Fsp3) is 1.00. The first-order chi connectivity index (χ1) is 8.74. The summed E-state index contributed by atoms with van der Waals surface area (Å²) in [6.07, 6.45) is 12.5. The molecule has 0 radical (unpaired) electrons. The van der Waals surface area contributed by atoms with E-state index in [1.807, 2.05) is 0 Å². The zero-order valence-corrected chi connectivity index (χ0v) is 12.6. The molecule has 0 spiro atoms. The van der Waals surface area contributed by atoms with E-state index in [1.54, 1.807) is 0 Å².